The van der Waals surface area contributed by atoms with E-state index < -0.39 is 18.5 Å². The first-order chi connectivity index (χ1) is 13.3. The van der Waals surface area contributed by atoms with E-state index in [1.54, 1.807) is 29.8 Å². The molecule has 9 heteroatoms. The van der Waals surface area contributed by atoms with Crippen molar-refractivity contribution < 1.29 is 23.8 Å². The fraction of sp³-hybridized carbons (Fsp3) is 0.421. The van der Waals surface area contributed by atoms with Gasteiger partial charge in [0.1, 0.15) is 23.9 Å². The number of esters is 1. The summed E-state index contributed by atoms with van der Waals surface area (Å²) in [5, 5.41) is 7.13. The Balaban J connectivity index is 1.59. The molecule has 0 fully saturated rings. The van der Waals surface area contributed by atoms with Crippen LogP contribution in [0.5, 0.6) is 11.5 Å². The highest BCUT2D eigenvalue weighted by Crippen LogP contribution is 2.32. The van der Waals surface area contributed by atoms with E-state index in [9.17, 15) is 9.59 Å². The lowest BCUT2D eigenvalue weighted by Gasteiger charge is -2.19. The number of amides is 1. The number of aromatic nitrogens is 2. The van der Waals surface area contributed by atoms with Gasteiger partial charge in [-0.05, 0) is 25.0 Å². The van der Waals surface area contributed by atoms with E-state index in [-0.39, 0.29) is 10.7 Å². The maximum absolute atomic E-state index is 12.4. The minimum atomic E-state index is -0.685. The van der Waals surface area contributed by atoms with Gasteiger partial charge in [-0.15, -0.1) is 0 Å². The molecule has 1 aromatic carbocycles. The minimum Gasteiger partial charge on any atom is -0.486 e. The molecule has 0 aliphatic carbocycles. The van der Waals surface area contributed by atoms with Crippen molar-refractivity contribution in [2.45, 2.75) is 27.3 Å². The Hall–Kier alpha value is -2.74. The summed E-state index contributed by atoms with van der Waals surface area (Å²) in [5.74, 6) is 0.334. The number of carbonyl (C=O) groups excluding carboxylic acids is 2. The number of rotatable bonds is 6. The predicted octanol–water partition coefficient (Wildman–Crippen LogP) is 3.07. The molecule has 1 aliphatic rings. The Morgan fingerprint density at radius 1 is 1.29 bits per heavy atom. The SMILES string of the molecule is Cc1nn(CC(C)C)c(Cl)c1C(=O)OCC(=O)Nc1ccc2c(c1)OCCO2. The molecule has 1 aliphatic heterocycles. The fourth-order valence-electron chi connectivity index (χ4n) is 2.77. The monoisotopic (exact) mass is 407 g/mol. The molecule has 150 valence electrons. The molecule has 1 amide bonds. The molecule has 0 spiro atoms. The highest BCUT2D eigenvalue weighted by Gasteiger charge is 2.23. The van der Waals surface area contributed by atoms with Crippen LogP contribution >= 0.6 is 11.6 Å². The van der Waals surface area contributed by atoms with Crippen LogP contribution in [0.15, 0.2) is 18.2 Å². The number of hydrogen-bond donors (Lipinski definition) is 1. The molecular weight excluding hydrogens is 386 g/mol. The van der Waals surface area contributed by atoms with E-state index in [1.165, 1.54) is 0 Å². The number of nitrogens with zero attached hydrogens (tertiary/aromatic N) is 2. The molecule has 0 bridgehead atoms. The van der Waals surface area contributed by atoms with Crippen molar-refractivity contribution in [3.63, 3.8) is 0 Å². The summed E-state index contributed by atoms with van der Waals surface area (Å²) in [6, 6.07) is 5.05. The normalized spacial score (nSPS) is 12.8. The lowest BCUT2D eigenvalue weighted by atomic mass is 10.2. The molecule has 1 aromatic heterocycles. The summed E-state index contributed by atoms with van der Waals surface area (Å²) < 4.78 is 17.6. The van der Waals surface area contributed by atoms with Gasteiger partial charge < -0.3 is 19.5 Å². The zero-order chi connectivity index (χ0) is 20.3. The molecule has 2 aromatic rings. The van der Waals surface area contributed by atoms with Crippen LogP contribution in [-0.2, 0) is 16.1 Å². The van der Waals surface area contributed by atoms with Gasteiger partial charge in [0.15, 0.2) is 18.1 Å². The van der Waals surface area contributed by atoms with Gasteiger partial charge in [-0.3, -0.25) is 9.48 Å². The zero-order valence-electron chi connectivity index (χ0n) is 16.0. The molecule has 0 saturated carbocycles. The Kier molecular flexibility index (Phi) is 6.08. The van der Waals surface area contributed by atoms with Gasteiger partial charge in [0.2, 0.25) is 0 Å². The second kappa shape index (κ2) is 8.52. The van der Waals surface area contributed by atoms with Gasteiger partial charge in [-0.25, -0.2) is 4.79 Å². The molecule has 2 heterocycles. The number of fused-ring (bicyclic) bond motifs is 1. The van der Waals surface area contributed by atoms with Crippen LogP contribution in [0.4, 0.5) is 5.69 Å². The highest BCUT2D eigenvalue weighted by atomic mass is 35.5. The quantitative estimate of drug-likeness (QED) is 0.740. The van der Waals surface area contributed by atoms with Crippen molar-refractivity contribution in [2.75, 3.05) is 25.1 Å². The van der Waals surface area contributed by atoms with Gasteiger partial charge in [-0.2, -0.15) is 5.10 Å². The summed E-state index contributed by atoms with van der Waals surface area (Å²) >= 11 is 6.25. The molecule has 28 heavy (non-hydrogen) atoms. The molecule has 0 unspecified atom stereocenters. The van der Waals surface area contributed by atoms with E-state index in [2.05, 4.69) is 10.4 Å². The standard InChI is InChI=1S/C19H22ClN3O5/c1-11(2)9-23-18(20)17(12(3)22-23)19(25)28-10-16(24)21-13-4-5-14-15(8-13)27-7-6-26-14/h4-5,8,11H,6-7,9-10H2,1-3H3,(H,21,24). The fourth-order valence-corrected chi connectivity index (χ4v) is 3.09. The van der Waals surface area contributed by atoms with Crippen LogP contribution in [0.2, 0.25) is 5.15 Å². The smallest absolute Gasteiger partial charge is 0.343 e. The van der Waals surface area contributed by atoms with Crippen molar-refractivity contribution in [3.8, 4) is 11.5 Å². The number of nitrogens with one attached hydrogen (secondary N) is 1. The van der Waals surface area contributed by atoms with E-state index >= 15 is 0 Å². The highest BCUT2D eigenvalue weighted by molar-refractivity contribution is 6.32. The van der Waals surface area contributed by atoms with Crippen molar-refractivity contribution in [1.82, 2.24) is 9.78 Å². The number of anilines is 1. The third-order valence-electron chi connectivity index (χ3n) is 3.97. The first-order valence-corrected chi connectivity index (χ1v) is 9.32. The van der Waals surface area contributed by atoms with Crippen molar-refractivity contribution >= 4 is 29.2 Å². The third-order valence-corrected chi connectivity index (χ3v) is 4.35. The van der Waals surface area contributed by atoms with Crippen LogP contribution in [-0.4, -0.2) is 41.5 Å². The topological polar surface area (TPSA) is 91.7 Å². The van der Waals surface area contributed by atoms with E-state index in [0.29, 0.717) is 48.6 Å². The molecule has 8 nitrogen and oxygen atoms in total. The van der Waals surface area contributed by atoms with Crippen molar-refractivity contribution in [3.05, 3.63) is 34.6 Å². The number of halogens is 1. The summed E-state index contributed by atoms with van der Waals surface area (Å²) in [5.41, 5.74) is 1.15. The molecular formula is C19H22ClN3O5. The lowest BCUT2D eigenvalue weighted by molar-refractivity contribution is -0.119. The van der Waals surface area contributed by atoms with Crippen LogP contribution in [0.3, 0.4) is 0 Å². The number of benzene rings is 1. The van der Waals surface area contributed by atoms with Gasteiger partial charge in [0.05, 0.1) is 5.69 Å². The van der Waals surface area contributed by atoms with Gasteiger partial charge in [-0.1, -0.05) is 25.4 Å². The number of carbonyl (C=O) groups is 2. The Labute approximate surface area is 167 Å². The summed E-state index contributed by atoms with van der Waals surface area (Å²) in [4.78, 5) is 24.5. The molecule has 3 rings (SSSR count). The van der Waals surface area contributed by atoms with Crippen molar-refractivity contribution in [2.24, 2.45) is 5.92 Å². The van der Waals surface area contributed by atoms with Gasteiger partial charge >= 0.3 is 5.97 Å². The average Bonchev–Trinajstić information content (AvgIpc) is 2.92. The summed E-state index contributed by atoms with van der Waals surface area (Å²) in [6.45, 7) is 6.79. The van der Waals surface area contributed by atoms with E-state index in [0.717, 1.165) is 0 Å². The number of hydrogen-bond acceptors (Lipinski definition) is 6. The van der Waals surface area contributed by atoms with Crippen molar-refractivity contribution in [1.29, 1.82) is 0 Å². The first kappa shape index (κ1) is 20.0. The molecule has 0 radical (unpaired) electrons. The first-order valence-electron chi connectivity index (χ1n) is 8.94. The molecule has 1 N–H and O–H groups in total. The van der Waals surface area contributed by atoms with Gasteiger partial charge in [0, 0.05) is 18.3 Å². The molecule has 0 saturated heterocycles. The molecule has 0 atom stereocenters. The number of aryl methyl sites for hydroxylation is 1. The maximum Gasteiger partial charge on any atom is 0.343 e. The second-order valence-electron chi connectivity index (χ2n) is 6.81. The lowest BCUT2D eigenvalue weighted by Crippen LogP contribution is -2.21. The Morgan fingerprint density at radius 3 is 2.71 bits per heavy atom. The Bertz CT molecular complexity index is 894. The zero-order valence-corrected chi connectivity index (χ0v) is 16.7. The summed E-state index contributed by atoms with van der Waals surface area (Å²) in [6.07, 6.45) is 0. The third kappa shape index (κ3) is 4.56. The van der Waals surface area contributed by atoms with E-state index in [4.69, 9.17) is 25.8 Å². The van der Waals surface area contributed by atoms with E-state index in [1.807, 2.05) is 13.8 Å². The van der Waals surface area contributed by atoms with Crippen LogP contribution in [0.25, 0.3) is 0 Å². The predicted molar refractivity (Wildman–Crippen MR) is 103 cm³/mol. The van der Waals surface area contributed by atoms with Crippen LogP contribution in [0, 0.1) is 12.8 Å². The van der Waals surface area contributed by atoms with Crippen LogP contribution in [0.1, 0.15) is 29.9 Å². The Morgan fingerprint density at radius 2 is 2.00 bits per heavy atom. The maximum atomic E-state index is 12.4. The summed E-state index contributed by atoms with van der Waals surface area (Å²) in [7, 11) is 0. The largest absolute Gasteiger partial charge is 0.486 e. The van der Waals surface area contributed by atoms with Gasteiger partial charge in [0.25, 0.3) is 5.91 Å². The average molecular weight is 408 g/mol. The second-order valence-corrected chi connectivity index (χ2v) is 7.17. The van der Waals surface area contributed by atoms with Crippen LogP contribution < -0.4 is 14.8 Å². The minimum absolute atomic E-state index is 0.175. The number of ether oxygens (including phenoxy) is 3.